The molecular weight excluding hydrogens is 252 g/mol. The highest BCUT2D eigenvalue weighted by Crippen LogP contribution is 2.38. The van der Waals surface area contributed by atoms with Crippen LogP contribution >= 0.6 is 0 Å². The van der Waals surface area contributed by atoms with Crippen LogP contribution in [0.1, 0.15) is 41.0 Å². The number of rotatable bonds is 6. The Balaban J connectivity index is 5.71. The van der Waals surface area contributed by atoms with Crippen LogP contribution in [-0.4, -0.2) is 20.2 Å². The van der Waals surface area contributed by atoms with E-state index in [2.05, 4.69) is 37.6 Å². The molecule has 3 heteroatoms. The molecule has 108 valence electrons. The molecule has 0 rings (SSSR count). The average molecular weight is 280 g/mol. The average Bonchev–Trinajstić information content (AvgIpc) is 2.22. The molecule has 0 spiro atoms. The largest absolute Gasteiger partial charge is 0.404 e. The summed E-state index contributed by atoms with van der Waals surface area (Å²) in [4.78, 5) is 11.8. The summed E-state index contributed by atoms with van der Waals surface area (Å²) in [6.07, 6.45) is 3.59. The Bertz CT molecular complexity index is 401. The van der Waals surface area contributed by atoms with E-state index in [0.29, 0.717) is 6.42 Å². The van der Waals surface area contributed by atoms with E-state index in [1.807, 2.05) is 27.7 Å². The maximum absolute atomic E-state index is 11.8. The second-order valence-corrected chi connectivity index (χ2v) is 11.1. The number of carbonyl (C=O) groups is 1. The van der Waals surface area contributed by atoms with Gasteiger partial charge in [0, 0.05) is 6.42 Å². The topological polar surface area (TPSA) is 26.3 Å². The first-order chi connectivity index (χ1) is 8.49. The molecule has 0 saturated heterocycles. The first kappa shape index (κ1) is 18.1. The Morgan fingerprint density at radius 2 is 1.79 bits per heavy atom. The van der Waals surface area contributed by atoms with Gasteiger partial charge in [0.1, 0.15) is 5.60 Å². The SMILES string of the molecule is CC#CC(C)(C)[C@@](C=O)(CC=C(C)C)O[Si](C)(C)C. The van der Waals surface area contributed by atoms with Gasteiger partial charge in [-0.15, -0.1) is 5.92 Å². The molecule has 0 aliphatic carbocycles. The lowest BCUT2D eigenvalue weighted by molar-refractivity contribution is -0.129. The van der Waals surface area contributed by atoms with E-state index in [4.69, 9.17) is 4.43 Å². The number of allylic oxidation sites excluding steroid dienone is 1. The fraction of sp³-hybridized carbons (Fsp3) is 0.688. The van der Waals surface area contributed by atoms with Crippen molar-refractivity contribution in [3.63, 3.8) is 0 Å². The monoisotopic (exact) mass is 280 g/mol. The summed E-state index contributed by atoms with van der Waals surface area (Å²) < 4.78 is 6.27. The lowest BCUT2D eigenvalue weighted by atomic mass is 9.74. The Morgan fingerprint density at radius 3 is 2.11 bits per heavy atom. The van der Waals surface area contributed by atoms with Gasteiger partial charge >= 0.3 is 0 Å². The molecule has 0 bridgehead atoms. The highest BCUT2D eigenvalue weighted by Gasteiger charge is 2.47. The predicted octanol–water partition coefficient (Wildman–Crippen LogP) is 4.18. The summed E-state index contributed by atoms with van der Waals surface area (Å²) in [6.45, 7) is 16.1. The Kier molecular flexibility index (Phi) is 6.25. The molecule has 0 amide bonds. The van der Waals surface area contributed by atoms with E-state index in [9.17, 15) is 4.79 Å². The van der Waals surface area contributed by atoms with Crippen molar-refractivity contribution in [1.82, 2.24) is 0 Å². The first-order valence-electron chi connectivity index (χ1n) is 6.73. The van der Waals surface area contributed by atoms with E-state index >= 15 is 0 Å². The highest BCUT2D eigenvalue weighted by atomic mass is 28.4. The van der Waals surface area contributed by atoms with Crippen LogP contribution in [0.5, 0.6) is 0 Å². The predicted molar refractivity (Wildman–Crippen MR) is 84.5 cm³/mol. The van der Waals surface area contributed by atoms with Crippen LogP contribution in [0.25, 0.3) is 0 Å². The van der Waals surface area contributed by atoms with E-state index in [-0.39, 0.29) is 0 Å². The first-order valence-corrected chi connectivity index (χ1v) is 10.1. The van der Waals surface area contributed by atoms with Crippen molar-refractivity contribution in [1.29, 1.82) is 0 Å². The molecule has 0 fully saturated rings. The second-order valence-electron chi connectivity index (χ2n) is 6.71. The molecule has 1 atom stereocenters. The molecule has 0 unspecified atom stereocenters. The summed E-state index contributed by atoms with van der Waals surface area (Å²) in [5.41, 5.74) is -0.182. The van der Waals surface area contributed by atoms with Gasteiger partial charge in [-0.1, -0.05) is 17.6 Å². The molecule has 0 N–H and O–H groups in total. The Morgan fingerprint density at radius 1 is 1.26 bits per heavy atom. The van der Waals surface area contributed by atoms with Crippen LogP contribution in [0.2, 0.25) is 19.6 Å². The molecule has 2 nitrogen and oxygen atoms in total. The van der Waals surface area contributed by atoms with Gasteiger partial charge in [-0.05, 0) is 54.3 Å². The van der Waals surface area contributed by atoms with Crippen LogP contribution in [0, 0.1) is 17.3 Å². The zero-order valence-corrected chi connectivity index (χ0v) is 14.7. The van der Waals surface area contributed by atoms with Crippen molar-refractivity contribution in [2.75, 3.05) is 0 Å². The standard InChI is InChI=1S/C16H28O2Si/c1-9-11-15(4,5)16(13-17,12-10-14(2)3)18-19(6,7)8/h10,13H,12H2,1-8H3/t16-/m0/s1. The molecule has 19 heavy (non-hydrogen) atoms. The minimum atomic E-state index is -1.85. The van der Waals surface area contributed by atoms with Crippen LogP contribution in [0.4, 0.5) is 0 Å². The summed E-state index contributed by atoms with van der Waals surface area (Å²) in [5, 5.41) is 0. The number of carbonyl (C=O) groups excluding carboxylic acids is 1. The zero-order chi connectivity index (χ0) is 15.3. The quantitative estimate of drug-likeness (QED) is 0.316. The van der Waals surface area contributed by atoms with Gasteiger partial charge in [-0.25, -0.2) is 0 Å². The summed E-state index contributed by atoms with van der Waals surface area (Å²) in [6, 6.07) is 0. The molecule has 0 heterocycles. The second kappa shape index (κ2) is 6.54. The van der Waals surface area contributed by atoms with E-state index in [1.54, 1.807) is 6.92 Å². The molecule has 0 aromatic rings. The normalized spacial score (nSPS) is 14.9. The fourth-order valence-electron chi connectivity index (χ4n) is 1.96. The molecule has 0 radical (unpaired) electrons. The van der Waals surface area contributed by atoms with Crippen molar-refractivity contribution in [3.8, 4) is 11.8 Å². The van der Waals surface area contributed by atoms with Gasteiger partial charge in [-0.3, -0.25) is 0 Å². The molecular formula is C16H28O2Si. The van der Waals surface area contributed by atoms with Crippen LogP contribution in [0.3, 0.4) is 0 Å². The summed E-state index contributed by atoms with van der Waals surface area (Å²) >= 11 is 0. The number of aldehydes is 1. The Labute approximate surface area is 119 Å². The van der Waals surface area contributed by atoms with Crippen molar-refractivity contribution in [3.05, 3.63) is 11.6 Å². The molecule has 0 saturated carbocycles. The lowest BCUT2D eigenvalue weighted by Gasteiger charge is -2.43. The molecule has 0 aromatic carbocycles. The third-order valence-electron chi connectivity index (χ3n) is 2.99. The minimum absolute atomic E-state index is 0.504. The Hall–Kier alpha value is -0.853. The summed E-state index contributed by atoms with van der Waals surface area (Å²) in [7, 11) is -1.85. The van der Waals surface area contributed by atoms with Gasteiger partial charge in [0.05, 0.1) is 5.41 Å². The van der Waals surface area contributed by atoms with Gasteiger partial charge < -0.3 is 9.22 Å². The van der Waals surface area contributed by atoms with Gasteiger partial charge in [0.25, 0.3) is 0 Å². The molecule has 0 aliphatic rings. The zero-order valence-electron chi connectivity index (χ0n) is 13.7. The van der Waals surface area contributed by atoms with Crippen molar-refractivity contribution in [2.24, 2.45) is 5.41 Å². The van der Waals surface area contributed by atoms with E-state index in [0.717, 1.165) is 6.29 Å². The lowest BCUT2D eigenvalue weighted by Crippen LogP contribution is -2.53. The van der Waals surface area contributed by atoms with Gasteiger partial charge in [0.2, 0.25) is 0 Å². The smallest absolute Gasteiger partial charge is 0.185 e. The van der Waals surface area contributed by atoms with Crippen LogP contribution in [-0.2, 0) is 9.22 Å². The van der Waals surface area contributed by atoms with Gasteiger partial charge in [-0.2, -0.15) is 0 Å². The third-order valence-corrected chi connectivity index (χ3v) is 3.96. The van der Waals surface area contributed by atoms with Crippen LogP contribution < -0.4 is 0 Å². The minimum Gasteiger partial charge on any atom is -0.404 e. The molecule has 0 aromatic heterocycles. The number of hydrogen-bond donors (Lipinski definition) is 0. The number of hydrogen-bond acceptors (Lipinski definition) is 2. The summed E-state index contributed by atoms with van der Waals surface area (Å²) in [5.74, 6) is 6.07. The maximum Gasteiger partial charge on any atom is 0.185 e. The van der Waals surface area contributed by atoms with E-state index in [1.165, 1.54) is 5.57 Å². The maximum atomic E-state index is 11.8. The van der Waals surface area contributed by atoms with E-state index < -0.39 is 19.3 Å². The van der Waals surface area contributed by atoms with Crippen molar-refractivity contribution < 1.29 is 9.22 Å². The van der Waals surface area contributed by atoms with Crippen molar-refractivity contribution in [2.45, 2.75) is 66.3 Å². The van der Waals surface area contributed by atoms with Gasteiger partial charge in [0.15, 0.2) is 14.6 Å². The third kappa shape index (κ3) is 5.34. The van der Waals surface area contributed by atoms with Crippen molar-refractivity contribution >= 4 is 14.6 Å². The molecule has 0 aliphatic heterocycles. The highest BCUT2D eigenvalue weighted by molar-refractivity contribution is 6.70. The van der Waals surface area contributed by atoms with Crippen LogP contribution in [0.15, 0.2) is 11.6 Å². The fourth-order valence-corrected chi connectivity index (χ4v) is 3.44.